The summed E-state index contributed by atoms with van der Waals surface area (Å²) in [7, 11) is 0. The van der Waals surface area contributed by atoms with E-state index in [0.29, 0.717) is 17.0 Å². The van der Waals surface area contributed by atoms with E-state index >= 15 is 0 Å². The van der Waals surface area contributed by atoms with Crippen molar-refractivity contribution in [2.24, 2.45) is 0 Å². The normalized spacial score (nSPS) is 13.2. The number of pyridine rings is 1. The number of aromatic amines is 1. The van der Waals surface area contributed by atoms with Crippen molar-refractivity contribution in [3.63, 3.8) is 0 Å². The molecule has 3 aromatic heterocycles. The summed E-state index contributed by atoms with van der Waals surface area (Å²) in [6.07, 6.45) is 2.31. The largest absolute Gasteiger partial charge is 0.379 e. The fourth-order valence-corrected chi connectivity index (χ4v) is 2.48. The quantitative estimate of drug-likeness (QED) is 0.770. The second-order valence-electron chi connectivity index (χ2n) is 5.12. The van der Waals surface area contributed by atoms with Gasteiger partial charge in [-0.05, 0) is 30.2 Å². The summed E-state index contributed by atoms with van der Waals surface area (Å²) in [4.78, 5) is 6.96. The number of nitrogens with one attached hydrogen (secondary N) is 1. The average Bonchev–Trinajstić information content (AvgIpc) is 3.08. The van der Waals surface area contributed by atoms with Crippen molar-refractivity contribution < 1.29 is 9.50 Å². The van der Waals surface area contributed by atoms with Gasteiger partial charge < -0.3 is 14.5 Å². The van der Waals surface area contributed by atoms with Gasteiger partial charge in [0.05, 0.1) is 11.2 Å². The number of aliphatic hydroxyl groups excluding tert-OH is 1. The van der Waals surface area contributed by atoms with Gasteiger partial charge in [0.1, 0.15) is 11.6 Å². The number of rotatable bonds is 3. The van der Waals surface area contributed by atoms with Gasteiger partial charge in [-0.25, -0.2) is 9.37 Å². The Bertz CT molecular complexity index is 731. The van der Waals surface area contributed by atoms with E-state index in [2.05, 4.69) is 9.97 Å². The highest BCUT2D eigenvalue weighted by Crippen LogP contribution is 2.27. The molecule has 0 amide bonds. The molecule has 0 bridgehead atoms. The van der Waals surface area contributed by atoms with Crippen molar-refractivity contribution >= 4 is 5.52 Å². The Morgan fingerprint density at radius 3 is 2.60 bits per heavy atom. The number of nitrogens with zero attached hydrogens (tertiary/aromatic N) is 2. The third kappa shape index (κ3) is 1.91. The minimum absolute atomic E-state index is 0.224. The lowest BCUT2D eigenvalue weighted by atomic mass is 10.1. The molecule has 0 saturated heterocycles. The summed E-state index contributed by atoms with van der Waals surface area (Å²) < 4.78 is 15.7. The molecule has 0 spiro atoms. The summed E-state index contributed by atoms with van der Waals surface area (Å²) >= 11 is 0. The molecule has 4 nitrogen and oxygen atoms in total. The molecule has 3 heterocycles. The predicted molar refractivity (Wildman–Crippen MR) is 74.1 cm³/mol. The Balaban J connectivity index is 2.25. The maximum Gasteiger partial charge on any atom is 0.152 e. The Kier molecular flexibility index (Phi) is 3.06. The predicted octanol–water partition coefficient (Wildman–Crippen LogP) is 3.01. The summed E-state index contributed by atoms with van der Waals surface area (Å²) in [6, 6.07) is 6.60. The van der Waals surface area contributed by atoms with Gasteiger partial charge in [0.25, 0.3) is 0 Å². The van der Waals surface area contributed by atoms with Crippen LogP contribution in [0.3, 0.4) is 0 Å². The highest BCUT2D eigenvalue weighted by atomic mass is 19.1. The number of aliphatic hydroxyl groups is 1. The number of H-pyrrole nitrogens is 1. The van der Waals surface area contributed by atoms with Crippen molar-refractivity contribution in [1.29, 1.82) is 0 Å². The summed E-state index contributed by atoms with van der Waals surface area (Å²) in [5, 5.41) is 10.5. The van der Waals surface area contributed by atoms with E-state index < -0.39 is 6.10 Å². The van der Waals surface area contributed by atoms with Crippen molar-refractivity contribution in [3.8, 4) is 0 Å². The van der Waals surface area contributed by atoms with Crippen LogP contribution in [0.1, 0.15) is 43.1 Å². The van der Waals surface area contributed by atoms with Crippen molar-refractivity contribution in [3.05, 3.63) is 59.7 Å². The van der Waals surface area contributed by atoms with E-state index in [1.54, 1.807) is 28.9 Å². The fraction of sp³-hybridized carbons (Fsp3) is 0.267. The van der Waals surface area contributed by atoms with Crippen LogP contribution in [0.5, 0.6) is 0 Å². The Labute approximate surface area is 115 Å². The number of imidazole rings is 1. The monoisotopic (exact) mass is 273 g/mol. The van der Waals surface area contributed by atoms with Gasteiger partial charge in [0.2, 0.25) is 0 Å². The first kappa shape index (κ1) is 12.9. The molecule has 2 N–H and O–H groups in total. The van der Waals surface area contributed by atoms with Gasteiger partial charge in [-0.3, -0.25) is 0 Å². The lowest BCUT2D eigenvalue weighted by Gasteiger charge is -2.16. The van der Waals surface area contributed by atoms with E-state index in [1.807, 2.05) is 19.9 Å². The van der Waals surface area contributed by atoms with Gasteiger partial charge in [0.15, 0.2) is 6.10 Å². The highest BCUT2D eigenvalue weighted by Gasteiger charge is 2.20. The molecular formula is C15H16FN3O. The molecule has 0 radical (unpaired) electrons. The lowest BCUT2D eigenvalue weighted by molar-refractivity contribution is 0.204. The number of aromatic nitrogens is 3. The Morgan fingerprint density at radius 1 is 1.20 bits per heavy atom. The van der Waals surface area contributed by atoms with Crippen LogP contribution >= 0.6 is 0 Å². The van der Waals surface area contributed by atoms with Gasteiger partial charge >= 0.3 is 0 Å². The molecule has 0 aliphatic carbocycles. The molecule has 3 rings (SSSR count). The standard InChI is InChI=1S/C15H16FN3O/c1-9(2)11-5-6-12-10(16)3-4-13(19(11)12)14(20)15-17-7-8-18-15/h3-9,14,20H,1-2H3,(H,17,18). The van der Waals surface area contributed by atoms with Gasteiger partial charge in [-0.1, -0.05) is 13.8 Å². The zero-order valence-electron chi connectivity index (χ0n) is 11.3. The SMILES string of the molecule is CC(C)c1ccc2c(F)ccc(C(O)c3ncc[nH]3)n12. The van der Waals surface area contributed by atoms with Crippen LogP contribution in [0.4, 0.5) is 4.39 Å². The van der Waals surface area contributed by atoms with Crippen LogP contribution in [0, 0.1) is 5.82 Å². The maximum absolute atomic E-state index is 13.9. The Hall–Kier alpha value is -2.14. The molecular weight excluding hydrogens is 257 g/mol. The smallest absolute Gasteiger partial charge is 0.152 e. The van der Waals surface area contributed by atoms with Gasteiger partial charge in [-0.15, -0.1) is 0 Å². The van der Waals surface area contributed by atoms with Crippen LogP contribution in [-0.4, -0.2) is 19.5 Å². The third-order valence-corrected chi connectivity index (χ3v) is 3.46. The van der Waals surface area contributed by atoms with Gasteiger partial charge in [-0.2, -0.15) is 0 Å². The first-order chi connectivity index (χ1) is 9.59. The molecule has 5 heteroatoms. The van der Waals surface area contributed by atoms with Crippen molar-refractivity contribution in [2.45, 2.75) is 25.9 Å². The molecule has 0 fully saturated rings. The van der Waals surface area contributed by atoms with Crippen molar-refractivity contribution in [2.75, 3.05) is 0 Å². The van der Waals surface area contributed by atoms with E-state index in [1.165, 1.54) is 6.07 Å². The van der Waals surface area contributed by atoms with E-state index in [0.717, 1.165) is 5.69 Å². The fourth-order valence-electron chi connectivity index (χ4n) is 2.48. The first-order valence-electron chi connectivity index (χ1n) is 6.56. The molecule has 0 aliphatic rings. The molecule has 20 heavy (non-hydrogen) atoms. The second kappa shape index (κ2) is 4.76. The van der Waals surface area contributed by atoms with Crippen LogP contribution < -0.4 is 0 Å². The first-order valence-corrected chi connectivity index (χ1v) is 6.56. The topological polar surface area (TPSA) is 53.3 Å². The Morgan fingerprint density at radius 2 is 1.95 bits per heavy atom. The number of fused-ring (bicyclic) bond motifs is 1. The van der Waals surface area contributed by atoms with Crippen LogP contribution in [-0.2, 0) is 0 Å². The number of hydrogen-bond donors (Lipinski definition) is 2. The maximum atomic E-state index is 13.9. The average molecular weight is 273 g/mol. The number of halogens is 1. The van der Waals surface area contributed by atoms with E-state index in [-0.39, 0.29) is 11.7 Å². The molecule has 1 atom stereocenters. The third-order valence-electron chi connectivity index (χ3n) is 3.46. The second-order valence-corrected chi connectivity index (χ2v) is 5.12. The summed E-state index contributed by atoms with van der Waals surface area (Å²) in [5.41, 5.74) is 2.03. The van der Waals surface area contributed by atoms with Crippen LogP contribution in [0.15, 0.2) is 36.7 Å². The summed E-state index contributed by atoms with van der Waals surface area (Å²) in [5.74, 6) is 0.371. The zero-order chi connectivity index (χ0) is 14.3. The molecule has 1 unspecified atom stereocenters. The molecule has 0 saturated carbocycles. The minimum atomic E-state index is -0.919. The van der Waals surface area contributed by atoms with Crippen LogP contribution in [0.25, 0.3) is 5.52 Å². The number of hydrogen-bond acceptors (Lipinski definition) is 2. The lowest BCUT2D eigenvalue weighted by Crippen LogP contribution is -2.10. The highest BCUT2D eigenvalue weighted by molar-refractivity contribution is 5.53. The molecule has 0 aliphatic heterocycles. The van der Waals surface area contributed by atoms with Gasteiger partial charge in [0, 0.05) is 18.1 Å². The van der Waals surface area contributed by atoms with E-state index in [9.17, 15) is 9.50 Å². The molecule has 104 valence electrons. The van der Waals surface area contributed by atoms with Crippen molar-refractivity contribution in [1.82, 2.24) is 14.4 Å². The molecule has 0 aromatic carbocycles. The van der Waals surface area contributed by atoms with E-state index in [4.69, 9.17) is 0 Å². The molecule has 3 aromatic rings. The summed E-state index contributed by atoms with van der Waals surface area (Å²) in [6.45, 7) is 4.07. The zero-order valence-corrected chi connectivity index (χ0v) is 11.3. The van der Waals surface area contributed by atoms with Crippen LogP contribution in [0.2, 0.25) is 0 Å². The minimum Gasteiger partial charge on any atom is -0.379 e.